The molecule has 0 aliphatic carbocycles. The van der Waals surface area contributed by atoms with Gasteiger partial charge in [-0.1, -0.05) is 12.1 Å². The highest BCUT2D eigenvalue weighted by atomic mass is 16.2. The van der Waals surface area contributed by atoms with Gasteiger partial charge in [-0.25, -0.2) is 4.98 Å². The van der Waals surface area contributed by atoms with Crippen LogP contribution in [0.1, 0.15) is 16.7 Å². The first-order valence-electron chi connectivity index (χ1n) is 6.58. The van der Waals surface area contributed by atoms with E-state index in [9.17, 15) is 9.59 Å². The summed E-state index contributed by atoms with van der Waals surface area (Å²) in [5, 5.41) is 5.06. The molecule has 2 rings (SSSR count). The Kier molecular flexibility index (Phi) is 4.33. The number of aromatic nitrogens is 1. The van der Waals surface area contributed by atoms with E-state index in [1.165, 1.54) is 0 Å². The lowest BCUT2D eigenvalue weighted by atomic mass is 10.1. The van der Waals surface area contributed by atoms with Crippen LogP contribution in [0.4, 0.5) is 11.5 Å². The number of carbonyl (C=O) groups excluding carboxylic acids is 2. The van der Waals surface area contributed by atoms with Gasteiger partial charge in [0.05, 0.1) is 0 Å². The molecule has 0 bridgehead atoms. The van der Waals surface area contributed by atoms with Gasteiger partial charge in [0.15, 0.2) is 0 Å². The first-order chi connectivity index (χ1) is 9.97. The van der Waals surface area contributed by atoms with Gasteiger partial charge in [0.1, 0.15) is 5.82 Å². The van der Waals surface area contributed by atoms with Gasteiger partial charge in [0.2, 0.25) is 0 Å². The van der Waals surface area contributed by atoms with Crippen LogP contribution in [0, 0.1) is 20.8 Å². The van der Waals surface area contributed by atoms with Crippen molar-refractivity contribution in [2.24, 2.45) is 0 Å². The van der Waals surface area contributed by atoms with E-state index in [-0.39, 0.29) is 0 Å². The van der Waals surface area contributed by atoms with Crippen LogP contribution in [0.2, 0.25) is 0 Å². The highest BCUT2D eigenvalue weighted by Gasteiger charge is 2.15. The zero-order valence-corrected chi connectivity index (χ0v) is 12.2. The fraction of sp³-hybridized carbons (Fsp3) is 0.188. The van der Waals surface area contributed by atoms with E-state index < -0.39 is 11.8 Å². The van der Waals surface area contributed by atoms with Crippen molar-refractivity contribution in [3.63, 3.8) is 0 Å². The monoisotopic (exact) mass is 283 g/mol. The minimum Gasteiger partial charge on any atom is -0.318 e. The van der Waals surface area contributed by atoms with Gasteiger partial charge < -0.3 is 10.6 Å². The Labute approximate surface area is 123 Å². The first-order valence-corrected chi connectivity index (χ1v) is 6.58. The van der Waals surface area contributed by atoms with Crippen LogP contribution < -0.4 is 10.6 Å². The lowest BCUT2D eigenvalue weighted by molar-refractivity contribution is -0.133. The molecule has 0 radical (unpaired) electrons. The molecule has 0 aliphatic rings. The Morgan fingerprint density at radius 2 is 1.62 bits per heavy atom. The normalized spacial score (nSPS) is 10.0. The van der Waals surface area contributed by atoms with Crippen LogP contribution in [-0.2, 0) is 9.59 Å². The van der Waals surface area contributed by atoms with E-state index in [2.05, 4.69) is 15.6 Å². The molecule has 1 heterocycles. The predicted octanol–water partition coefficient (Wildman–Crippen LogP) is 2.58. The van der Waals surface area contributed by atoms with Crippen molar-refractivity contribution in [3.8, 4) is 0 Å². The lowest BCUT2D eigenvalue weighted by Crippen LogP contribution is -2.29. The third-order valence-corrected chi connectivity index (χ3v) is 3.21. The Bertz CT molecular complexity index is 696. The van der Waals surface area contributed by atoms with Crippen molar-refractivity contribution in [1.82, 2.24) is 4.98 Å². The van der Waals surface area contributed by atoms with Gasteiger partial charge in [-0.15, -0.1) is 0 Å². The number of anilines is 2. The molecule has 0 unspecified atom stereocenters. The number of hydrogen-bond donors (Lipinski definition) is 2. The fourth-order valence-corrected chi connectivity index (χ4v) is 1.79. The van der Waals surface area contributed by atoms with E-state index >= 15 is 0 Å². The molecule has 0 spiro atoms. The Morgan fingerprint density at radius 1 is 0.905 bits per heavy atom. The first kappa shape index (κ1) is 14.7. The second-order valence-electron chi connectivity index (χ2n) is 4.88. The number of carbonyl (C=O) groups is 2. The molecule has 108 valence electrons. The van der Waals surface area contributed by atoms with Gasteiger partial charge in [-0.2, -0.15) is 0 Å². The van der Waals surface area contributed by atoms with Crippen LogP contribution in [0.15, 0.2) is 36.5 Å². The molecule has 1 aromatic carbocycles. The van der Waals surface area contributed by atoms with E-state index in [0.717, 1.165) is 16.7 Å². The summed E-state index contributed by atoms with van der Waals surface area (Å²) in [5.41, 5.74) is 3.57. The topological polar surface area (TPSA) is 71.1 Å². The van der Waals surface area contributed by atoms with Crippen molar-refractivity contribution >= 4 is 23.3 Å². The summed E-state index contributed by atoms with van der Waals surface area (Å²) in [7, 11) is 0. The molecule has 0 fully saturated rings. The number of nitrogens with one attached hydrogen (secondary N) is 2. The molecule has 0 saturated heterocycles. The molecule has 5 nitrogen and oxygen atoms in total. The summed E-state index contributed by atoms with van der Waals surface area (Å²) in [6.07, 6.45) is 1.56. The number of amides is 2. The predicted molar refractivity (Wildman–Crippen MR) is 82.1 cm³/mol. The molecule has 2 amide bonds. The molecular weight excluding hydrogens is 266 g/mol. The minimum absolute atomic E-state index is 0.387. The van der Waals surface area contributed by atoms with Crippen LogP contribution in [0.3, 0.4) is 0 Å². The number of pyridine rings is 1. The summed E-state index contributed by atoms with van der Waals surface area (Å²) < 4.78 is 0. The number of rotatable bonds is 2. The van der Waals surface area contributed by atoms with E-state index in [4.69, 9.17) is 0 Å². The van der Waals surface area contributed by atoms with Crippen molar-refractivity contribution in [3.05, 3.63) is 53.2 Å². The Balaban J connectivity index is 2.04. The maximum absolute atomic E-state index is 11.9. The van der Waals surface area contributed by atoms with E-state index in [1.54, 1.807) is 18.3 Å². The Hall–Kier alpha value is -2.69. The maximum atomic E-state index is 11.9. The zero-order chi connectivity index (χ0) is 15.4. The second kappa shape index (κ2) is 6.17. The van der Waals surface area contributed by atoms with Crippen molar-refractivity contribution in [2.45, 2.75) is 20.8 Å². The van der Waals surface area contributed by atoms with Crippen molar-refractivity contribution in [1.29, 1.82) is 0 Å². The van der Waals surface area contributed by atoms with Crippen LogP contribution in [0.25, 0.3) is 0 Å². The highest BCUT2D eigenvalue weighted by molar-refractivity contribution is 6.43. The molecular formula is C16H17N3O2. The highest BCUT2D eigenvalue weighted by Crippen LogP contribution is 2.14. The molecule has 0 saturated carbocycles. The maximum Gasteiger partial charge on any atom is 0.315 e. The third kappa shape index (κ3) is 3.66. The molecule has 2 N–H and O–H groups in total. The SMILES string of the molecule is Cc1ccc(NC(=O)C(=O)Nc2ncccc2C)cc1C. The third-order valence-electron chi connectivity index (χ3n) is 3.21. The smallest absolute Gasteiger partial charge is 0.315 e. The van der Waals surface area contributed by atoms with Crippen molar-refractivity contribution in [2.75, 3.05) is 10.6 Å². The van der Waals surface area contributed by atoms with E-state index in [0.29, 0.717) is 11.5 Å². The standard InChI is InChI=1S/C16H17N3O2/c1-10-6-7-13(9-12(10)3)18-15(20)16(21)19-14-11(2)5-4-8-17-14/h4-9H,1-3H3,(H,18,20)(H,17,19,21). The van der Waals surface area contributed by atoms with Crippen LogP contribution >= 0.6 is 0 Å². The molecule has 0 aliphatic heterocycles. The average Bonchev–Trinajstić information content (AvgIpc) is 2.45. The quantitative estimate of drug-likeness (QED) is 0.832. The zero-order valence-electron chi connectivity index (χ0n) is 12.2. The minimum atomic E-state index is -0.741. The number of hydrogen-bond acceptors (Lipinski definition) is 3. The number of aryl methyl sites for hydroxylation is 3. The summed E-state index contributed by atoms with van der Waals surface area (Å²) in [6.45, 7) is 5.74. The number of benzene rings is 1. The van der Waals surface area contributed by atoms with Crippen LogP contribution in [-0.4, -0.2) is 16.8 Å². The summed E-state index contributed by atoms with van der Waals surface area (Å²) in [4.78, 5) is 27.8. The van der Waals surface area contributed by atoms with Gasteiger partial charge in [-0.3, -0.25) is 9.59 Å². The molecule has 0 atom stereocenters. The lowest BCUT2D eigenvalue weighted by Gasteiger charge is -2.09. The molecule has 21 heavy (non-hydrogen) atoms. The fourth-order valence-electron chi connectivity index (χ4n) is 1.79. The molecule has 2 aromatic rings. The summed E-state index contributed by atoms with van der Waals surface area (Å²) in [5.74, 6) is -1.07. The largest absolute Gasteiger partial charge is 0.318 e. The summed E-state index contributed by atoms with van der Waals surface area (Å²) >= 11 is 0. The Morgan fingerprint density at radius 3 is 2.29 bits per heavy atom. The van der Waals surface area contributed by atoms with Gasteiger partial charge in [0.25, 0.3) is 0 Å². The van der Waals surface area contributed by atoms with E-state index in [1.807, 2.05) is 39.0 Å². The average molecular weight is 283 g/mol. The van der Waals surface area contributed by atoms with Gasteiger partial charge >= 0.3 is 11.8 Å². The van der Waals surface area contributed by atoms with Gasteiger partial charge in [0, 0.05) is 11.9 Å². The molecule has 1 aromatic heterocycles. The summed E-state index contributed by atoms with van der Waals surface area (Å²) in [6, 6.07) is 9.06. The number of nitrogens with zero attached hydrogens (tertiary/aromatic N) is 1. The van der Waals surface area contributed by atoms with Crippen LogP contribution in [0.5, 0.6) is 0 Å². The second-order valence-corrected chi connectivity index (χ2v) is 4.88. The van der Waals surface area contributed by atoms with Gasteiger partial charge in [-0.05, 0) is 55.7 Å². The van der Waals surface area contributed by atoms with Crippen molar-refractivity contribution < 1.29 is 9.59 Å². The molecule has 5 heteroatoms.